The second-order valence-corrected chi connectivity index (χ2v) is 2.85. The average Bonchev–Trinajstić information content (AvgIpc) is 2.65. The van der Waals surface area contributed by atoms with Crippen LogP contribution in [-0.2, 0) is 6.18 Å². The first-order chi connectivity index (χ1) is 7.47. The Labute approximate surface area is 86.5 Å². The molecule has 2 aromatic rings. The average molecular weight is 231 g/mol. The number of aromatic hydroxyl groups is 1. The van der Waals surface area contributed by atoms with E-state index in [-0.39, 0.29) is 17.1 Å². The molecular weight excluding hydrogens is 227 g/mol. The van der Waals surface area contributed by atoms with Gasteiger partial charge >= 0.3 is 12.1 Å². The molecule has 1 N–H and O–H groups in total. The van der Waals surface area contributed by atoms with Crippen molar-refractivity contribution in [1.29, 1.82) is 0 Å². The molecule has 0 atom stereocenters. The minimum atomic E-state index is -4.69. The van der Waals surface area contributed by atoms with Gasteiger partial charge in [0.1, 0.15) is 5.75 Å². The van der Waals surface area contributed by atoms with Crippen LogP contribution in [0.3, 0.4) is 0 Å². The fraction of sp³-hybridized carbons (Fsp3) is 0.125. The molecule has 0 bridgehead atoms. The quantitative estimate of drug-likeness (QED) is 0.810. The normalized spacial score (nSPS) is 11.7. The number of halogens is 3. The summed E-state index contributed by atoms with van der Waals surface area (Å²) in [5.41, 5.74) is 0.138. The molecule has 0 spiro atoms. The molecule has 0 aliphatic heterocycles. The lowest BCUT2D eigenvalue weighted by molar-refractivity contribution is -0.159. The second kappa shape index (κ2) is 3.47. The summed E-state index contributed by atoms with van der Waals surface area (Å²) in [7, 11) is 0. The molecule has 0 saturated carbocycles. The minimum Gasteiger partial charge on any atom is -0.506 e. The number of nitrogens with zero attached hydrogens (tertiary/aromatic N) is 3. The van der Waals surface area contributed by atoms with Crippen LogP contribution in [0.5, 0.6) is 5.75 Å². The maximum absolute atomic E-state index is 12.1. The van der Waals surface area contributed by atoms with Gasteiger partial charge in [-0.2, -0.15) is 18.2 Å². The number of hydrogen-bond acceptors (Lipinski definition) is 5. The highest BCUT2D eigenvalue weighted by Crippen LogP contribution is 2.29. The first-order valence-corrected chi connectivity index (χ1v) is 4.02. The van der Waals surface area contributed by atoms with E-state index >= 15 is 0 Å². The van der Waals surface area contributed by atoms with E-state index in [9.17, 15) is 13.2 Å². The third kappa shape index (κ3) is 1.95. The van der Waals surface area contributed by atoms with Crippen molar-refractivity contribution in [2.75, 3.05) is 0 Å². The zero-order chi connectivity index (χ0) is 11.8. The van der Waals surface area contributed by atoms with Gasteiger partial charge in [0.25, 0.3) is 0 Å². The topological polar surface area (TPSA) is 72.0 Å². The van der Waals surface area contributed by atoms with Crippen molar-refractivity contribution in [1.82, 2.24) is 15.1 Å². The summed E-state index contributed by atoms with van der Waals surface area (Å²) in [5.74, 6) is -1.92. The molecular formula is C8H4F3N3O2. The molecule has 0 unspecified atom stereocenters. The molecule has 5 nitrogen and oxygen atoms in total. The van der Waals surface area contributed by atoms with Crippen molar-refractivity contribution in [3.05, 3.63) is 24.4 Å². The lowest BCUT2D eigenvalue weighted by atomic mass is 10.2. The molecule has 16 heavy (non-hydrogen) atoms. The first-order valence-electron chi connectivity index (χ1n) is 4.02. The summed E-state index contributed by atoms with van der Waals surface area (Å²) < 4.78 is 40.4. The van der Waals surface area contributed by atoms with Crippen LogP contribution in [0.1, 0.15) is 5.89 Å². The predicted octanol–water partition coefficient (Wildman–Crippen LogP) is 1.86. The Balaban J connectivity index is 2.39. The van der Waals surface area contributed by atoms with Gasteiger partial charge in [0, 0.05) is 11.8 Å². The summed E-state index contributed by atoms with van der Waals surface area (Å²) in [6.45, 7) is 0. The Kier molecular flexibility index (Phi) is 2.26. The molecule has 2 heterocycles. The van der Waals surface area contributed by atoms with Crippen LogP contribution in [-0.4, -0.2) is 20.2 Å². The number of hydrogen-bond donors (Lipinski definition) is 1. The van der Waals surface area contributed by atoms with Crippen molar-refractivity contribution in [3.63, 3.8) is 0 Å². The van der Waals surface area contributed by atoms with E-state index in [4.69, 9.17) is 5.11 Å². The standard InChI is InChI=1S/C8H4F3N3O2/c9-8(10,11)7-13-6(14-16-7)4-1-5(15)3-12-2-4/h1-3,15H. The lowest BCUT2D eigenvalue weighted by Gasteiger charge is -1.96. The molecule has 0 amide bonds. The van der Waals surface area contributed by atoms with Crippen molar-refractivity contribution in [2.24, 2.45) is 0 Å². The molecule has 0 radical (unpaired) electrons. The molecule has 0 aromatic carbocycles. The molecule has 0 aliphatic rings. The van der Waals surface area contributed by atoms with Crippen molar-refractivity contribution >= 4 is 0 Å². The minimum absolute atomic E-state index is 0.138. The summed E-state index contributed by atoms with van der Waals surface area (Å²) in [6, 6.07) is 1.18. The number of pyridine rings is 1. The first kappa shape index (κ1) is 10.4. The third-order valence-electron chi connectivity index (χ3n) is 1.65. The van der Waals surface area contributed by atoms with Crippen molar-refractivity contribution in [2.45, 2.75) is 6.18 Å². The van der Waals surface area contributed by atoms with Crippen LogP contribution < -0.4 is 0 Å². The van der Waals surface area contributed by atoms with Gasteiger partial charge < -0.3 is 9.63 Å². The van der Waals surface area contributed by atoms with Crippen LogP contribution in [0.25, 0.3) is 11.4 Å². The Morgan fingerprint density at radius 2 is 2.00 bits per heavy atom. The summed E-state index contributed by atoms with van der Waals surface area (Å²) in [6.07, 6.45) is -2.34. The van der Waals surface area contributed by atoms with Gasteiger partial charge in [0.2, 0.25) is 5.82 Å². The van der Waals surface area contributed by atoms with Crippen LogP contribution in [0.4, 0.5) is 13.2 Å². The smallest absolute Gasteiger partial charge is 0.471 e. The zero-order valence-electron chi connectivity index (χ0n) is 7.56. The lowest BCUT2D eigenvalue weighted by Crippen LogP contribution is -2.04. The van der Waals surface area contributed by atoms with Crippen molar-refractivity contribution < 1.29 is 22.8 Å². The summed E-state index contributed by atoms with van der Waals surface area (Å²) in [5, 5.41) is 12.2. The number of aromatic nitrogens is 3. The molecule has 0 saturated heterocycles. The highest BCUT2D eigenvalue weighted by atomic mass is 19.4. The van der Waals surface area contributed by atoms with Gasteiger partial charge in [-0.25, -0.2) is 0 Å². The fourth-order valence-corrected chi connectivity index (χ4v) is 1.01. The van der Waals surface area contributed by atoms with E-state index < -0.39 is 12.1 Å². The predicted molar refractivity (Wildman–Crippen MR) is 44.2 cm³/mol. The molecule has 0 aliphatic carbocycles. The maximum atomic E-state index is 12.1. The molecule has 2 aromatic heterocycles. The van der Waals surface area contributed by atoms with Crippen LogP contribution in [0.2, 0.25) is 0 Å². The Bertz CT molecular complexity index is 509. The fourth-order valence-electron chi connectivity index (χ4n) is 1.01. The van der Waals surface area contributed by atoms with Gasteiger partial charge in [0.15, 0.2) is 0 Å². The van der Waals surface area contributed by atoms with E-state index in [1.54, 1.807) is 0 Å². The second-order valence-electron chi connectivity index (χ2n) is 2.85. The van der Waals surface area contributed by atoms with Crippen LogP contribution in [0.15, 0.2) is 23.0 Å². The van der Waals surface area contributed by atoms with Crippen LogP contribution in [0, 0.1) is 0 Å². The van der Waals surface area contributed by atoms with E-state index in [1.165, 1.54) is 12.3 Å². The van der Waals surface area contributed by atoms with Gasteiger partial charge in [-0.3, -0.25) is 4.98 Å². The van der Waals surface area contributed by atoms with Gasteiger partial charge in [0.05, 0.1) is 6.20 Å². The molecule has 8 heteroatoms. The Morgan fingerprint density at radius 1 is 1.25 bits per heavy atom. The van der Waals surface area contributed by atoms with E-state index in [0.29, 0.717) is 0 Å². The van der Waals surface area contributed by atoms with Gasteiger partial charge in [-0.1, -0.05) is 5.16 Å². The van der Waals surface area contributed by atoms with E-state index in [0.717, 1.165) is 6.20 Å². The molecule has 84 valence electrons. The number of rotatable bonds is 1. The zero-order valence-corrected chi connectivity index (χ0v) is 7.56. The monoisotopic (exact) mass is 231 g/mol. The van der Waals surface area contributed by atoms with E-state index in [1.807, 2.05) is 0 Å². The molecule has 2 rings (SSSR count). The number of alkyl halides is 3. The van der Waals surface area contributed by atoms with Gasteiger partial charge in [-0.15, -0.1) is 0 Å². The van der Waals surface area contributed by atoms with E-state index in [2.05, 4.69) is 19.6 Å². The van der Waals surface area contributed by atoms with Crippen LogP contribution >= 0.6 is 0 Å². The Hall–Kier alpha value is -2.12. The largest absolute Gasteiger partial charge is 0.506 e. The third-order valence-corrected chi connectivity index (χ3v) is 1.65. The summed E-state index contributed by atoms with van der Waals surface area (Å²) >= 11 is 0. The van der Waals surface area contributed by atoms with Gasteiger partial charge in [-0.05, 0) is 6.07 Å². The van der Waals surface area contributed by atoms with Crippen molar-refractivity contribution in [3.8, 4) is 17.1 Å². The molecule has 0 fully saturated rings. The highest BCUT2D eigenvalue weighted by Gasteiger charge is 2.38. The summed E-state index contributed by atoms with van der Waals surface area (Å²) in [4.78, 5) is 6.72. The Morgan fingerprint density at radius 3 is 2.56 bits per heavy atom. The SMILES string of the molecule is Oc1cncc(-c2noc(C(F)(F)F)n2)c1. The maximum Gasteiger partial charge on any atom is 0.471 e. The highest BCUT2D eigenvalue weighted by molar-refractivity contribution is 5.54.